The molecule has 3 aromatic carbocycles. The zero-order valence-corrected chi connectivity index (χ0v) is 24.3. The molecule has 1 atom stereocenters. The summed E-state index contributed by atoms with van der Waals surface area (Å²) in [6, 6.07) is 15.7. The molecule has 10 heteroatoms. The summed E-state index contributed by atoms with van der Waals surface area (Å²) in [5.74, 6) is 0.358. The average molecular weight is 571 g/mol. The van der Waals surface area contributed by atoms with Gasteiger partial charge in [-0.1, -0.05) is 53.8 Å². The van der Waals surface area contributed by atoms with E-state index in [0.717, 1.165) is 10.8 Å². The van der Waals surface area contributed by atoms with Gasteiger partial charge in [-0.25, -0.2) is 4.99 Å². The fourth-order valence-corrected chi connectivity index (χ4v) is 6.40. The molecule has 2 heterocycles. The third-order valence-corrected chi connectivity index (χ3v) is 8.44. The molecule has 0 bridgehead atoms. The number of benzene rings is 3. The molecule has 1 aliphatic rings. The molecule has 41 heavy (non-hydrogen) atoms. The van der Waals surface area contributed by atoms with Crippen LogP contribution < -0.4 is 19.6 Å². The van der Waals surface area contributed by atoms with Crippen molar-refractivity contribution in [2.24, 2.45) is 4.99 Å². The van der Waals surface area contributed by atoms with Crippen LogP contribution >= 0.6 is 11.3 Å². The molecule has 1 aliphatic heterocycles. The summed E-state index contributed by atoms with van der Waals surface area (Å²) < 4.78 is 7.75. The van der Waals surface area contributed by atoms with Gasteiger partial charge in [-0.15, -0.1) is 0 Å². The number of carbonyl (C=O) groups excluding carboxylic acids is 1. The number of aromatic nitrogens is 1. The second-order valence-corrected chi connectivity index (χ2v) is 10.8. The molecule has 0 aliphatic carbocycles. The SMILES string of the molecule is CCN(CC)C(=O)C1=C(C)N=c2s/c(=C\c3ccc(C)c([N+](=O)[O-])c3)c(=O)n2C1c1c(OC)ccc2ccccc12. The van der Waals surface area contributed by atoms with Crippen LogP contribution in [0.2, 0.25) is 0 Å². The van der Waals surface area contributed by atoms with Crippen LogP contribution in [0.5, 0.6) is 5.75 Å². The van der Waals surface area contributed by atoms with Crippen LogP contribution in [0, 0.1) is 17.0 Å². The van der Waals surface area contributed by atoms with Gasteiger partial charge in [-0.05, 0) is 56.2 Å². The Morgan fingerprint density at radius 3 is 2.56 bits per heavy atom. The second-order valence-electron chi connectivity index (χ2n) is 9.76. The van der Waals surface area contributed by atoms with Crippen molar-refractivity contribution in [3.8, 4) is 5.75 Å². The predicted octanol–water partition coefficient (Wildman–Crippen LogP) is 4.48. The second kappa shape index (κ2) is 11.1. The number of aryl methyl sites for hydroxylation is 1. The Labute approximate surface area is 240 Å². The maximum atomic E-state index is 14.2. The van der Waals surface area contributed by atoms with E-state index in [2.05, 4.69) is 0 Å². The minimum atomic E-state index is -0.796. The number of ether oxygens (including phenoxy) is 1. The van der Waals surface area contributed by atoms with Crippen molar-refractivity contribution in [2.75, 3.05) is 20.2 Å². The molecule has 0 saturated heterocycles. The van der Waals surface area contributed by atoms with Crippen LogP contribution in [-0.2, 0) is 4.79 Å². The van der Waals surface area contributed by atoms with Gasteiger partial charge in [-0.2, -0.15) is 0 Å². The largest absolute Gasteiger partial charge is 0.496 e. The number of fused-ring (bicyclic) bond motifs is 2. The summed E-state index contributed by atoms with van der Waals surface area (Å²) in [6.07, 6.45) is 1.64. The van der Waals surface area contributed by atoms with Gasteiger partial charge >= 0.3 is 0 Å². The van der Waals surface area contributed by atoms with Gasteiger partial charge in [0.1, 0.15) is 11.8 Å². The number of amides is 1. The summed E-state index contributed by atoms with van der Waals surface area (Å²) in [5.41, 5.74) is 2.35. The lowest BCUT2D eigenvalue weighted by Gasteiger charge is -2.30. The summed E-state index contributed by atoms with van der Waals surface area (Å²) in [7, 11) is 1.57. The minimum Gasteiger partial charge on any atom is -0.496 e. The Balaban J connectivity index is 1.84. The number of hydrogen-bond acceptors (Lipinski definition) is 7. The molecular formula is C31H30N4O5S. The van der Waals surface area contributed by atoms with E-state index in [1.807, 2.05) is 50.2 Å². The quantitative estimate of drug-likeness (QED) is 0.241. The summed E-state index contributed by atoms with van der Waals surface area (Å²) in [6.45, 7) is 8.30. The molecule has 0 N–H and O–H groups in total. The Kier molecular flexibility index (Phi) is 7.59. The van der Waals surface area contributed by atoms with Gasteiger partial charge in [-0.3, -0.25) is 24.3 Å². The van der Waals surface area contributed by atoms with Gasteiger partial charge < -0.3 is 9.64 Å². The molecule has 9 nitrogen and oxygen atoms in total. The lowest BCUT2D eigenvalue weighted by molar-refractivity contribution is -0.385. The van der Waals surface area contributed by atoms with Crippen molar-refractivity contribution in [1.82, 2.24) is 9.47 Å². The van der Waals surface area contributed by atoms with E-state index in [4.69, 9.17) is 9.73 Å². The summed E-state index contributed by atoms with van der Waals surface area (Å²) >= 11 is 1.19. The monoisotopic (exact) mass is 570 g/mol. The Hall–Kier alpha value is -4.57. The molecular weight excluding hydrogens is 540 g/mol. The van der Waals surface area contributed by atoms with Crippen LogP contribution in [0.4, 0.5) is 5.69 Å². The number of nitro benzene ring substituents is 1. The van der Waals surface area contributed by atoms with Crippen molar-refractivity contribution in [3.63, 3.8) is 0 Å². The summed E-state index contributed by atoms with van der Waals surface area (Å²) in [4.78, 5) is 46.2. The zero-order chi connectivity index (χ0) is 29.4. The van der Waals surface area contributed by atoms with Crippen molar-refractivity contribution in [3.05, 3.63) is 112 Å². The first-order chi connectivity index (χ1) is 19.7. The van der Waals surface area contributed by atoms with Crippen LogP contribution in [0.1, 0.15) is 43.5 Å². The van der Waals surface area contributed by atoms with Gasteiger partial charge in [0.2, 0.25) is 0 Å². The van der Waals surface area contributed by atoms with Gasteiger partial charge in [0, 0.05) is 30.3 Å². The maximum Gasteiger partial charge on any atom is 0.272 e. The molecule has 0 fully saturated rings. The topological polar surface area (TPSA) is 107 Å². The van der Waals surface area contributed by atoms with Crippen LogP contribution in [-0.4, -0.2) is 40.5 Å². The number of nitro groups is 1. The van der Waals surface area contributed by atoms with Gasteiger partial charge in [0.25, 0.3) is 17.2 Å². The fourth-order valence-electron chi connectivity index (χ4n) is 5.35. The highest BCUT2D eigenvalue weighted by Crippen LogP contribution is 2.40. The fraction of sp³-hybridized carbons (Fsp3) is 0.258. The van der Waals surface area contributed by atoms with E-state index in [9.17, 15) is 19.7 Å². The summed E-state index contributed by atoms with van der Waals surface area (Å²) in [5, 5.41) is 13.3. The molecule has 1 aromatic heterocycles. The molecule has 210 valence electrons. The van der Waals surface area contributed by atoms with E-state index in [0.29, 0.717) is 56.1 Å². The molecule has 0 radical (unpaired) electrons. The number of thiazole rings is 1. The van der Waals surface area contributed by atoms with Gasteiger partial charge in [0.15, 0.2) is 4.80 Å². The third kappa shape index (κ3) is 4.84. The lowest BCUT2D eigenvalue weighted by atomic mass is 9.90. The molecule has 4 aromatic rings. The number of likely N-dealkylation sites (N-methyl/N-ethyl adjacent to an activating group) is 1. The molecule has 1 amide bonds. The number of nitrogens with zero attached hydrogens (tertiary/aromatic N) is 4. The zero-order valence-electron chi connectivity index (χ0n) is 23.5. The first-order valence-electron chi connectivity index (χ1n) is 13.3. The first-order valence-corrected chi connectivity index (χ1v) is 14.1. The Morgan fingerprint density at radius 1 is 1.15 bits per heavy atom. The Morgan fingerprint density at radius 2 is 1.88 bits per heavy atom. The van der Waals surface area contributed by atoms with Crippen molar-refractivity contribution < 1.29 is 14.5 Å². The third-order valence-electron chi connectivity index (χ3n) is 7.45. The average Bonchev–Trinajstić information content (AvgIpc) is 3.26. The Bertz CT molecular complexity index is 1920. The highest BCUT2D eigenvalue weighted by Gasteiger charge is 2.36. The minimum absolute atomic E-state index is 0.0205. The van der Waals surface area contributed by atoms with E-state index in [-0.39, 0.29) is 17.2 Å². The molecule has 0 spiro atoms. The lowest BCUT2D eigenvalue weighted by Crippen LogP contribution is -2.43. The molecule has 1 unspecified atom stereocenters. The number of allylic oxidation sites excluding steroid dienone is 1. The van der Waals surface area contributed by atoms with Crippen molar-refractivity contribution in [2.45, 2.75) is 33.7 Å². The number of hydrogen-bond donors (Lipinski definition) is 0. The van der Waals surface area contributed by atoms with Crippen molar-refractivity contribution >= 4 is 39.8 Å². The smallest absolute Gasteiger partial charge is 0.272 e. The first kappa shape index (κ1) is 28.0. The standard InChI is InChI=1S/C31H30N4O5S/c1-6-33(7-2)30(37)26-19(4)32-31-34(28(26)27-22-11-9-8-10-21(22)14-15-24(27)40-5)29(36)25(41-31)17-20-13-12-18(3)23(16-20)35(38)39/h8-17,28H,6-7H2,1-5H3/b25-17-. The molecule has 5 rings (SSSR count). The number of rotatable bonds is 7. The van der Waals surface area contributed by atoms with Crippen molar-refractivity contribution in [1.29, 1.82) is 0 Å². The van der Waals surface area contributed by atoms with Crippen LogP contribution in [0.15, 0.2) is 75.7 Å². The van der Waals surface area contributed by atoms with E-state index < -0.39 is 11.0 Å². The maximum absolute atomic E-state index is 14.2. The van der Waals surface area contributed by atoms with Crippen LogP contribution in [0.25, 0.3) is 16.8 Å². The van der Waals surface area contributed by atoms with Gasteiger partial charge in [0.05, 0.1) is 27.8 Å². The highest BCUT2D eigenvalue weighted by molar-refractivity contribution is 7.07. The van der Waals surface area contributed by atoms with E-state index in [1.165, 1.54) is 17.4 Å². The highest BCUT2D eigenvalue weighted by atomic mass is 32.1. The molecule has 0 saturated carbocycles. The van der Waals surface area contributed by atoms with E-state index >= 15 is 0 Å². The van der Waals surface area contributed by atoms with E-state index in [1.54, 1.807) is 48.6 Å². The number of methoxy groups -OCH3 is 1. The normalized spacial score (nSPS) is 15.0. The predicted molar refractivity (Wildman–Crippen MR) is 160 cm³/mol. The number of carbonyl (C=O) groups is 1. The van der Waals surface area contributed by atoms with Crippen LogP contribution in [0.3, 0.4) is 0 Å².